The van der Waals surface area contributed by atoms with Gasteiger partial charge < -0.3 is 35.1 Å². The molecule has 12 nitrogen and oxygen atoms in total. The zero-order valence-electron chi connectivity index (χ0n) is 22.0. The molecule has 0 spiro atoms. The molecule has 2 aromatic heterocycles. The summed E-state index contributed by atoms with van der Waals surface area (Å²) in [5.74, 6) is 1.35. The Bertz CT molecular complexity index is 1400. The number of fused-ring (bicyclic) bond motifs is 2. The first-order valence-corrected chi connectivity index (χ1v) is 14.3. The molecule has 0 aliphatic carbocycles. The number of aryl methyl sites for hydroxylation is 1. The van der Waals surface area contributed by atoms with Crippen LogP contribution in [0.25, 0.3) is 11.2 Å². The Kier molecular flexibility index (Phi) is 9.64. The van der Waals surface area contributed by atoms with Crippen molar-refractivity contribution in [3.8, 4) is 11.5 Å². The maximum atomic E-state index is 12.7. The molecule has 4 N–H and O–H groups in total. The molecular formula is C25H31BrClN7O5S. The Hall–Kier alpha value is -2.81. The summed E-state index contributed by atoms with van der Waals surface area (Å²) in [5, 5.41) is 0.745. The van der Waals surface area contributed by atoms with Crippen molar-refractivity contribution in [1.29, 1.82) is 0 Å². The van der Waals surface area contributed by atoms with Crippen LogP contribution in [-0.2, 0) is 20.9 Å². The Labute approximate surface area is 250 Å². The topological polar surface area (TPSA) is 161 Å². The summed E-state index contributed by atoms with van der Waals surface area (Å²) in [6.07, 6.45) is 3.17. The number of hydrogen-bond donors (Lipinski definition) is 2. The third-order valence-corrected chi connectivity index (χ3v) is 8.82. The van der Waals surface area contributed by atoms with Crippen LogP contribution in [0.3, 0.4) is 0 Å². The number of anilines is 1. The van der Waals surface area contributed by atoms with E-state index in [1.165, 1.54) is 25.0 Å². The van der Waals surface area contributed by atoms with Crippen molar-refractivity contribution in [3.63, 3.8) is 0 Å². The molecule has 1 aromatic carbocycles. The SMILES string of the molecule is C[C@H](N)C(=O)O[C@@H](C)C(=O)N1CCC(CCn2c(Sc3cc4c(cc3Br)OCO4)nc3c(N)ncnc32)CC1.Cl. The van der Waals surface area contributed by atoms with Gasteiger partial charge in [0.25, 0.3) is 5.91 Å². The number of imidazole rings is 1. The molecule has 40 heavy (non-hydrogen) atoms. The molecule has 2 aliphatic heterocycles. The van der Waals surface area contributed by atoms with E-state index in [2.05, 4.69) is 30.5 Å². The molecule has 15 heteroatoms. The number of halogens is 2. The zero-order valence-corrected chi connectivity index (χ0v) is 25.3. The van der Waals surface area contributed by atoms with Crippen molar-refractivity contribution >= 4 is 69.0 Å². The van der Waals surface area contributed by atoms with Gasteiger partial charge in [0.1, 0.15) is 12.4 Å². The Morgan fingerprint density at radius 2 is 1.90 bits per heavy atom. The van der Waals surface area contributed by atoms with E-state index in [1.54, 1.807) is 11.8 Å². The molecule has 2 aliphatic rings. The van der Waals surface area contributed by atoms with Crippen molar-refractivity contribution in [2.75, 3.05) is 25.6 Å². The molecule has 1 fully saturated rings. The van der Waals surface area contributed by atoms with E-state index < -0.39 is 18.1 Å². The van der Waals surface area contributed by atoms with Gasteiger partial charge in [0, 0.05) is 29.0 Å². The average Bonchev–Trinajstić information content (AvgIpc) is 3.51. The third kappa shape index (κ3) is 6.40. The Balaban J connectivity index is 0.00000370. The minimum atomic E-state index is -0.849. The number of carbonyl (C=O) groups is 2. The van der Waals surface area contributed by atoms with Gasteiger partial charge in [0.15, 0.2) is 39.7 Å². The highest BCUT2D eigenvalue weighted by Gasteiger charge is 2.29. The smallest absolute Gasteiger partial charge is 0.323 e. The van der Waals surface area contributed by atoms with Crippen LogP contribution in [0.15, 0.2) is 33.0 Å². The molecule has 0 saturated carbocycles. The quantitative estimate of drug-likeness (QED) is 0.342. The van der Waals surface area contributed by atoms with Crippen LogP contribution in [0.2, 0.25) is 0 Å². The van der Waals surface area contributed by atoms with Crippen molar-refractivity contribution in [1.82, 2.24) is 24.4 Å². The highest BCUT2D eigenvalue weighted by Crippen LogP contribution is 2.43. The number of rotatable bonds is 8. The van der Waals surface area contributed by atoms with Crippen molar-refractivity contribution in [2.24, 2.45) is 11.7 Å². The first kappa shape index (κ1) is 30.2. The molecule has 2 atom stereocenters. The molecule has 0 bridgehead atoms. The summed E-state index contributed by atoms with van der Waals surface area (Å²) < 4.78 is 19.1. The Morgan fingerprint density at radius 3 is 2.60 bits per heavy atom. The number of ether oxygens (including phenoxy) is 3. The number of aromatic nitrogens is 4. The molecule has 5 rings (SSSR count). The van der Waals surface area contributed by atoms with Gasteiger partial charge in [-0.1, -0.05) is 11.8 Å². The number of nitrogen functional groups attached to an aromatic ring is 1. The fourth-order valence-electron chi connectivity index (χ4n) is 4.63. The zero-order chi connectivity index (χ0) is 27.7. The maximum Gasteiger partial charge on any atom is 0.323 e. The van der Waals surface area contributed by atoms with Gasteiger partial charge in [-0.05, 0) is 67.1 Å². The van der Waals surface area contributed by atoms with Crippen LogP contribution in [0.5, 0.6) is 11.5 Å². The fourth-order valence-corrected chi connectivity index (χ4v) is 6.14. The normalized spacial score (nSPS) is 16.4. The summed E-state index contributed by atoms with van der Waals surface area (Å²) >= 11 is 5.11. The second kappa shape index (κ2) is 12.8. The summed E-state index contributed by atoms with van der Waals surface area (Å²) in [6.45, 7) is 5.21. The van der Waals surface area contributed by atoms with Gasteiger partial charge in [0.2, 0.25) is 6.79 Å². The van der Waals surface area contributed by atoms with E-state index in [-0.39, 0.29) is 25.1 Å². The second-order valence-corrected chi connectivity index (χ2v) is 11.5. The van der Waals surface area contributed by atoms with E-state index in [1.807, 2.05) is 12.1 Å². The standard InChI is InChI=1S/C25H30BrN7O5S.ClH/c1-13(27)24(35)38-14(2)23(34)32-6-3-15(4-7-32)5-8-33-22-20(21(28)29-11-30-22)31-25(33)39-19-10-18-17(9-16(19)26)36-12-37-18;/h9-11,13-15H,3-8,12,27H2,1-2H3,(H2,28,29,30);1H/t13-,14-;/m0./s1. The monoisotopic (exact) mass is 655 g/mol. The van der Waals surface area contributed by atoms with E-state index in [0.29, 0.717) is 54.0 Å². The molecule has 0 radical (unpaired) electrons. The molecular weight excluding hydrogens is 626 g/mol. The van der Waals surface area contributed by atoms with Crippen molar-refractivity contribution in [2.45, 2.75) is 61.9 Å². The van der Waals surface area contributed by atoms with Gasteiger partial charge in [-0.3, -0.25) is 9.59 Å². The molecule has 216 valence electrons. The third-order valence-electron chi connectivity index (χ3n) is 6.85. The fraction of sp³-hybridized carbons (Fsp3) is 0.480. The van der Waals surface area contributed by atoms with E-state index >= 15 is 0 Å². The average molecular weight is 657 g/mol. The number of carbonyl (C=O) groups excluding carboxylic acids is 2. The summed E-state index contributed by atoms with van der Waals surface area (Å²) in [6, 6.07) is 3.05. The second-order valence-electron chi connectivity index (χ2n) is 9.64. The van der Waals surface area contributed by atoms with E-state index in [0.717, 1.165) is 33.8 Å². The number of piperidine rings is 1. The minimum absolute atomic E-state index is 0. The number of nitrogens with zero attached hydrogens (tertiary/aromatic N) is 5. The van der Waals surface area contributed by atoms with E-state index in [4.69, 9.17) is 30.7 Å². The van der Waals surface area contributed by atoms with Crippen molar-refractivity contribution in [3.05, 3.63) is 22.9 Å². The maximum absolute atomic E-state index is 12.7. The number of esters is 1. The van der Waals surface area contributed by atoms with Gasteiger partial charge in [-0.2, -0.15) is 0 Å². The number of hydrogen-bond acceptors (Lipinski definition) is 11. The predicted molar refractivity (Wildman–Crippen MR) is 154 cm³/mol. The van der Waals surface area contributed by atoms with Gasteiger partial charge in [-0.15, -0.1) is 12.4 Å². The van der Waals surface area contributed by atoms with Crippen molar-refractivity contribution < 1.29 is 23.8 Å². The number of nitrogens with two attached hydrogens (primary N) is 2. The highest BCUT2D eigenvalue weighted by atomic mass is 79.9. The van der Waals surface area contributed by atoms with Crippen LogP contribution in [0.1, 0.15) is 33.1 Å². The Morgan fingerprint density at radius 1 is 1.20 bits per heavy atom. The molecule has 1 saturated heterocycles. The molecule has 1 amide bonds. The van der Waals surface area contributed by atoms with E-state index in [9.17, 15) is 9.59 Å². The van der Waals surface area contributed by atoms with Gasteiger partial charge in [0.05, 0.1) is 0 Å². The minimum Gasteiger partial charge on any atom is -0.454 e. The number of amides is 1. The van der Waals surface area contributed by atoms with Crippen LogP contribution in [0, 0.1) is 5.92 Å². The van der Waals surface area contributed by atoms with Gasteiger partial charge in [-0.25, -0.2) is 15.0 Å². The molecule has 4 heterocycles. The summed E-state index contributed by atoms with van der Waals surface area (Å²) in [7, 11) is 0. The van der Waals surface area contributed by atoms with Crippen LogP contribution < -0.4 is 20.9 Å². The van der Waals surface area contributed by atoms with Crippen LogP contribution in [-0.4, -0.2) is 68.3 Å². The lowest BCUT2D eigenvalue weighted by molar-refractivity contribution is -0.160. The lowest BCUT2D eigenvalue weighted by Gasteiger charge is -2.33. The molecule has 0 unspecified atom stereocenters. The number of benzene rings is 1. The molecule has 3 aromatic rings. The highest BCUT2D eigenvalue weighted by molar-refractivity contribution is 9.10. The largest absolute Gasteiger partial charge is 0.454 e. The lowest BCUT2D eigenvalue weighted by Crippen LogP contribution is -2.45. The van der Waals surface area contributed by atoms with Crippen LogP contribution in [0.4, 0.5) is 5.82 Å². The number of likely N-dealkylation sites (tertiary alicyclic amines) is 1. The predicted octanol–water partition coefficient (Wildman–Crippen LogP) is 3.38. The van der Waals surface area contributed by atoms with Crippen LogP contribution >= 0.6 is 40.1 Å². The lowest BCUT2D eigenvalue weighted by atomic mass is 9.93. The first-order valence-electron chi connectivity index (χ1n) is 12.7. The summed E-state index contributed by atoms with van der Waals surface area (Å²) in [4.78, 5) is 40.5. The van der Waals surface area contributed by atoms with Gasteiger partial charge >= 0.3 is 5.97 Å². The summed E-state index contributed by atoms with van der Waals surface area (Å²) in [5.41, 5.74) is 12.9. The first-order chi connectivity index (χ1) is 18.7.